The van der Waals surface area contributed by atoms with Crippen LogP contribution >= 0.6 is 23.2 Å². The summed E-state index contributed by atoms with van der Waals surface area (Å²) < 4.78 is 0. The fourth-order valence-corrected chi connectivity index (χ4v) is 3.55. The van der Waals surface area contributed by atoms with Crippen LogP contribution in [0.3, 0.4) is 0 Å². The van der Waals surface area contributed by atoms with Crippen molar-refractivity contribution >= 4 is 29.1 Å². The second kappa shape index (κ2) is 7.58. The Bertz CT molecular complexity index is 719. The molecule has 3 rings (SSSR count). The molecule has 126 valence electrons. The highest BCUT2D eigenvalue weighted by Crippen LogP contribution is 2.30. The third kappa shape index (κ3) is 3.76. The molecule has 2 aromatic carbocycles. The van der Waals surface area contributed by atoms with Crippen molar-refractivity contribution in [1.29, 1.82) is 0 Å². The van der Waals surface area contributed by atoms with Gasteiger partial charge in [0, 0.05) is 18.7 Å². The van der Waals surface area contributed by atoms with Crippen LogP contribution in [0.25, 0.3) is 0 Å². The van der Waals surface area contributed by atoms with Crippen molar-refractivity contribution in [1.82, 2.24) is 4.90 Å². The Hall–Kier alpha value is -1.51. The first-order valence-corrected chi connectivity index (χ1v) is 9.17. The summed E-state index contributed by atoms with van der Waals surface area (Å²) in [5, 5.41) is 0.899. The summed E-state index contributed by atoms with van der Waals surface area (Å²) in [5.41, 5.74) is 3.36. The predicted molar refractivity (Wildman–Crippen MR) is 100 cm³/mol. The zero-order valence-corrected chi connectivity index (χ0v) is 15.3. The molecular weight excluding hydrogens is 341 g/mol. The summed E-state index contributed by atoms with van der Waals surface area (Å²) in [5.74, 6) is 0.571. The number of rotatable bonds is 3. The normalized spacial score (nSPS) is 15.5. The molecule has 0 aliphatic carbocycles. The van der Waals surface area contributed by atoms with Crippen LogP contribution in [0.2, 0.25) is 10.0 Å². The smallest absolute Gasteiger partial charge is 0.253 e. The fourth-order valence-electron chi connectivity index (χ4n) is 3.25. The lowest BCUT2D eigenvalue weighted by Gasteiger charge is -2.32. The SMILES string of the molecule is CCc1ccc(C2CCN(C(=O)c3ccc(Cl)c(Cl)c3)CC2)cc1. The summed E-state index contributed by atoms with van der Waals surface area (Å²) in [7, 11) is 0. The van der Waals surface area contributed by atoms with Crippen molar-refractivity contribution in [2.75, 3.05) is 13.1 Å². The van der Waals surface area contributed by atoms with Gasteiger partial charge in [-0.05, 0) is 54.5 Å². The molecular formula is C20H21Cl2NO. The highest BCUT2D eigenvalue weighted by atomic mass is 35.5. The van der Waals surface area contributed by atoms with E-state index in [-0.39, 0.29) is 5.91 Å². The van der Waals surface area contributed by atoms with Gasteiger partial charge in [0.15, 0.2) is 0 Å². The summed E-state index contributed by atoms with van der Waals surface area (Å²) in [6.07, 6.45) is 3.06. The van der Waals surface area contributed by atoms with E-state index in [0.717, 1.165) is 32.4 Å². The molecule has 2 aromatic rings. The van der Waals surface area contributed by atoms with Gasteiger partial charge in [0.05, 0.1) is 10.0 Å². The average Bonchev–Trinajstić information content (AvgIpc) is 2.63. The standard InChI is InChI=1S/C20H21Cl2NO/c1-2-14-3-5-15(6-4-14)16-9-11-23(12-10-16)20(24)17-7-8-18(21)19(22)13-17/h3-8,13,16H,2,9-12H2,1H3. The van der Waals surface area contributed by atoms with E-state index in [2.05, 4.69) is 31.2 Å². The topological polar surface area (TPSA) is 20.3 Å². The Morgan fingerprint density at radius 2 is 1.71 bits per heavy atom. The highest BCUT2D eigenvalue weighted by molar-refractivity contribution is 6.42. The van der Waals surface area contributed by atoms with Crippen molar-refractivity contribution in [3.63, 3.8) is 0 Å². The quantitative estimate of drug-likeness (QED) is 0.698. The summed E-state index contributed by atoms with van der Waals surface area (Å²) in [4.78, 5) is 14.5. The minimum absolute atomic E-state index is 0.0355. The van der Waals surface area contributed by atoms with Gasteiger partial charge in [0.1, 0.15) is 0 Å². The van der Waals surface area contributed by atoms with Crippen LogP contribution in [0.1, 0.15) is 47.2 Å². The van der Waals surface area contributed by atoms with Crippen molar-refractivity contribution in [2.24, 2.45) is 0 Å². The maximum Gasteiger partial charge on any atom is 0.253 e. The minimum atomic E-state index is 0.0355. The molecule has 0 spiro atoms. The Morgan fingerprint density at radius 1 is 1.04 bits per heavy atom. The maximum absolute atomic E-state index is 12.6. The van der Waals surface area contributed by atoms with E-state index < -0.39 is 0 Å². The van der Waals surface area contributed by atoms with Crippen molar-refractivity contribution in [3.8, 4) is 0 Å². The Kier molecular flexibility index (Phi) is 5.47. The number of halogens is 2. The third-order valence-corrected chi connectivity index (χ3v) is 5.55. The van der Waals surface area contributed by atoms with E-state index in [1.807, 2.05) is 4.90 Å². The molecule has 1 aliphatic heterocycles. The van der Waals surface area contributed by atoms with Crippen LogP contribution in [-0.4, -0.2) is 23.9 Å². The molecule has 0 aromatic heterocycles. The number of hydrogen-bond acceptors (Lipinski definition) is 1. The van der Waals surface area contributed by atoms with E-state index in [9.17, 15) is 4.79 Å². The number of amides is 1. The van der Waals surface area contributed by atoms with E-state index in [1.54, 1.807) is 18.2 Å². The molecule has 1 amide bonds. The number of benzene rings is 2. The van der Waals surface area contributed by atoms with Gasteiger partial charge in [-0.15, -0.1) is 0 Å². The first-order chi connectivity index (χ1) is 11.6. The Labute approximate surface area is 153 Å². The van der Waals surface area contributed by atoms with Gasteiger partial charge in [0.2, 0.25) is 0 Å². The molecule has 0 atom stereocenters. The van der Waals surface area contributed by atoms with Gasteiger partial charge in [-0.25, -0.2) is 0 Å². The molecule has 1 saturated heterocycles. The van der Waals surface area contributed by atoms with Crippen LogP contribution in [-0.2, 0) is 6.42 Å². The van der Waals surface area contributed by atoms with E-state index >= 15 is 0 Å². The molecule has 24 heavy (non-hydrogen) atoms. The number of nitrogens with zero attached hydrogens (tertiary/aromatic N) is 1. The lowest BCUT2D eigenvalue weighted by atomic mass is 9.88. The highest BCUT2D eigenvalue weighted by Gasteiger charge is 2.24. The first-order valence-electron chi connectivity index (χ1n) is 8.41. The van der Waals surface area contributed by atoms with Crippen LogP contribution in [0.4, 0.5) is 0 Å². The lowest BCUT2D eigenvalue weighted by molar-refractivity contribution is 0.0713. The summed E-state index contributed by atoms with van der Waals surface area (Å²) >= 11 is 11.9. The Morgan fingerprint density at radius 3 is 2.29 bits per heavy atom. The van der Waals surface area contributed by atoms with Gasteiger partial charge in [-0.3, -0.25) is 4.79 Å². The predicted octanol–water partition coefficient (Wildman–Crippen LogP) is 5.58. The van der Waals surface area contributed by atoms with Crippen molar-refractivity contribution in [2.45, 2.75) is 32.1 Å². The minimum Gasteiger partial charge on any atom is -0.339 e. The third-order valence-electron chi connectivity index (χ3n) is 4.81. The average molecular weight is 362 g/mol. The zero-order valence-electron chi connectivity index (χ0n) is 13.8. The Balaban J connectivity index is 1.63. The molecule has 0 radical (unpaired) electrons. The van der Waals surface area contributed by atoms with E-state index in [1.165, 1.54) is 11.1 Å². The largest absolute Gasteiger partial charge is 0.339 e. The molecule has 1 heterocycles. The number of aryl methyl sites for hydroxylation is 1. The molecule has 1 fully saturated rings. The van der Waals surface area contributed by atoms with Crippen LogP contribution in [0, 0.1) is 0 Å². The summed E-state index contributed by atoms with van der Waals surface area (Å²) in [6.45, 7) is 3.72. The molecule has 2 nitrogen and oxygen atoms in total. The number of piperidine rings is 1. The number of carbonyl (C=O) groups is 1. The monoisotopic (exact) mass is 361 g/mol. The van der Waals surface area contributed by atoms with Crippen molar-refractivity contribution in [3.05, 3.63) is 69.2 Å². The molecule has 4 heteroatoms. The van der Waals surface area contributed by atoms with Gasteiger partial charge in [-0.1, -0.05) is 54.4 Å². The van der Waals surface area contributed by atoms with Crippen molar-refractivity contribution < 1.29 is 4.79 Å². The van der Waals surface area contributed by atoms with Crippen LogP contribution < -0.4 is 0 Å². The second-order valence-electron chi connectivity index (χ2n) is 6.29. The number of hydrogen-bond donors (Lipinski definition) is 0. The number of likely N-dealkylation sites (tertiary alicyclic amines) is 1. The van der Waals surface area contributed by atoms with Crippen LogP contribution in [0.5, 0.6) is 0 Å². The fraction of sp³-hybridized carbons (Fsp3) is 0.350. The molecule has 1 aliphatic rings. The molecule has 0 N–H and O–H groups in total. The molecule has 0 unspecified atom stereocenters. The van der Waals surface area contributed by atoms with Gasteiger partial charge in [-0.2, -0.15) is 0 Å². The van der Waals surface area contributed by atoms with Gasteiger partial charge < -0.3 is 4.90 Å². The first kappa shape index (κ1) is 17.3. The molecule has 0 bridgehead atoms. The molecule has 0 saturated carbocycles. The van der Waals surface area contributed by atoms with Gasteiger partial charge in [0.25, 0.3) is 5.91 Å². The van der Waals surface area contributed by atoms with Gasteiger partial charge >= 0.3 is 0 Å². The summed E-state index contributed by atoms with van der Waals surface area (Å²) in [6, 6.07) is 14.0. The lowest BCUT2D eigenvalue weighted by Crippen LogP contribution is -2.37. The second-order valence-corrected chi connectivity index (χ2v) is 7.10. The van der Waals surface area contributed by atoms with Crippen LogP contribution in [0.15, 0.2) is 42.5 Å². The zero-order chi connectivity index (χ0) is 17.1. The van der Waals surface area contributed by atoms with E-state index in [4.69, 9.17) is 23.2 Å². The number of carbonyl (C=O) groups excluding carboxylic acids is 1. The maximum atomic E-state index is 12.6. The van der Waals surface area contributed by atoms with E-state index in [0.29, 0.717) is 21.5 Å².